The standard InChI is InChI=1S/C23H30N6O3/c1-16(30)29-12-18(13-29)27-22-10-20(25-15-26-22)23(32)24-11-19(31)14-28-9-5-4-7-17-6-2-3-8-21(17)28/h2-3,6,8,10,15,18-19,31H,4-5,7,9,11-14H2,1H3,(H,24,32)(H,25,26,27). The maximum atomic E-state index is 12.6. The van der Waals surface area contributed by atoms with Gasteiger partial charge < -0.3 is 25.5 Å². The normalized spacial score (nSPS) is 17.1. The van der Waals surface area contributed by atoms with Crippen LogP contribution in [0.5, 0.6) is 0 Å². The highest BCUT2D eigenvalue weighted by atomic mass is 16.3. The minimum Gasteiger partial charge on any atom is -0.389 e. The molecule has 0 aliphatic carbocycles. The van der Waals surface area contributed by atoms with Gasteiger partial charge in [-0.15, -0.1) is 0 Å². The first-order chi connectivity index (χ1) is 15.5. The molecule has 2 amide bonds. The van der Waals surface area contributed by atoms with Gasteiger partial charge in [-0.2, -0.15) is 0 Å². The first kappa shape index (κ1) is 22.0. The van der Waals surface area contributed by atoms with Crippen LogP contribution in [0.1, 0.15) is 35.8 Å². The topological polar surface area (TPSA) is 111 Å². The number of rotatable bonds is 7. The molecule has 3 heterocycles. The number of hydrogen-bond donors (Lipinski definition) is 3. The molecule has 0 saturated carbocycles. The third kappa shape index (κ3) is 5.34. The minimum absolute atomic E-state index is 0.0491. The predicted octanol–water partition coefficient (Wildman–Crippen LogP) is 1.05. The Labute approximate surface area is 187 Å². The number of β-amino-alcohol motifs (C(OH)–C–C–N with tert-alkyl or cyclic N) is 1. The zero-order valence-corrected chi connectivity index (χ0v) is 18.3. The number of aromatic nitrogens is 2. The van der Waals surface area contributed by atoms with Gasteiger partial charge in [-0.05, 0) is 30.9 Å². The van der Waals surface area contributed by atoms with E-state index in [1.54, 1.807) is 17.9 Å². The van der Waals surface area contributed by atoms with Gasteiger partial charge in [0.25, 0.3) is 5.91 Å². The third-order valence-corrected chi connectivity index (χ3v) is 5.96. The number of hydrogen-bond acceptors (Lipinski definition) is 7. The maximum absolute atomic E-state index is 12.6. The Bertz CT molecular complexity index is 962. The van der Waals surface area contributed by atoms with Crippen molar-refractivity contribution in [2.45, 2.75) is 38.3 Å². The lowest BCUT2D eigenvalue weighted by molar-refractivity contribution is -0.132. The highest BCUT2D eigenvalue weighted by Crippen LogP contribution is 2.26. The van der Waals surface area contributed by atoms with E-state index in [9.17, 15) is 14.7 Å². The highest BCUT2D eigenvalue weighted by Gasteiger charge is 2.28. The van der Waals surface area contributed by atoms with Crippen molar-refractivity contribution in [3.8, 4) is 0 Å². The molecule has 1 saturated heterocycles. The summed E-state index contributed by atoms with van der Waals surface area (Å²) in [5.74, 6) is 0.234. The van der Waals surface area contributed by atoms with Crippen LogP contribution in [0.25, 0.3) is 0 Å². The summed E-state index contributed by atoms with van der Waals surface area (Å²) in [6.07, 6.45) is 3.91. The molecule has 0 radical (unpaired) electrons. The zero-order valence-electron chi connectivity index (χ0n) is 18.3. The van der Waals surface area contributed by atoms with Crippen molar-refractivity contribution < 1.29 is 14.7 Å². The second kappa shape index (κ2) is 9.95. The highest BCUT2D eigenvalue weighted by molar-refractivity contribution is 5.92. The number of amides is 2. The number of carbonyl (C=O) groups excluding carboxylic acids is 2. The summed E-state index contributed by atoms with van der Waals surface area (Å²) in [6.45, 7) is 4.27. The molecule has 9 heteroatoms. The van der Waals surface area contributed by atoms with Crippen LogP contribution in [-0.4, -0.2) is 76.7 Å². The molecular formula is C23H30N6O3. The molecule has 4 rings (SSSR count). The van der Waals surface area contributed by atoms with Crippen molar-refractivity contribution in [2.24, 2.45) is 0 Å². The molecule has 2 aliphatic heterocycles. The molecule has 1 aromatic heterocycles. The van der Waals surface area contributed by atoms with Gasteiger partial charge in [-0.1, -0.05) is 18.2 Å². The molecule has 170 valence electrons. The second-order valence-electron chi connectivity index (χ2n) is 8.45. The lowest BCUT2D eigenvalue weighted by atomic mass is 10.1. The van der Waals surface area contributed by atoms with Gasteiger partial charge in [-0.3, -0.25) is 9.59 Å². The summed E-state index contributed by atoms with van der Waals surface area (Å²) < 4.78 is 0. The van der Waals surface area contributed by atoms with E-state index in [0.717, 1.165) is 25.8 Å². The lowest BCUT2D eigenvalue weighted by Crippen LogP contribution is -2.56. The summed E-state index contributed by atoms with van der Waals surface area (Å²) in [5.41, 5.74) is 2.71. The Balaban J connectivity index is 1.28. The first-order valence-corrected chi connectivity index (χ1v) is 11.1. The summed E-state index contributed by atoms with van der Waals surface area (Å²) in [5, 5.41) is 16.5. The Morgan fingerprint density at radius 3 is 2.84 bits per heavy atom. The van der Waals surface area contributed by atoms with Crippen LogP contribution in [0.2, 0.25) is 0 Å². The lowest BCUT2D eigenvalue weighted by Gasteiger charge is -2.39. The van der Waals surface area contributed by atoms with Crippen molar-refractivity contribution >= 4 is 23.3 Å². The number of aryl methyl sites for hydroxylation is 1. The van der Waals surface area contributed by atoms with Gasteiger partial charge in [0.15, 0.2) is 0 Å². The quantitative estimate of drug-likeness (QED) is 0.593. The summed E-state index contributed by atoms with van der Waals surface area (Å²) in [4.78, 5) is 36.0. The molecule has 9 nitrogen and oxygen atoms in total. The van der Waals surface area contributed by atoms with Crippen LogP contribution in [0, 0.1) is 0 Å². The van der Waals surface area contributed by atoms with Gasteiger partial charge in [0.05, 0.1) is 12.1 Å². The molecule has 1 atom stereocenters. The fourth-order valence-corrected chi connectivity index (χ4v) is 4.18. The van der Waals surface area contributed by atoms with E-state index in [1.165, 1.54) is 17.6 Å². The molecule has 0 bridgehead atoms. The van der Waals surface area contributed by atoms with Crippen LogP contribution >= 0.6 is 0 Å². The van der Waals surface area contributed by atoms with Crippen LogP contribution in [-0.2, 0) is 11.2 Å². The fourth-order valence-electron chi connectivity index (χ4n) is 4.18. The maximum Gasteiger partial charge on any atom is 0.270 e. The molecular weight excluding hydrogens is 408 g/mol. The number of fused-ring (bicyclic) bond motifs is 1. The van der Waals surface area contributed by atoms with Crippen molar-refractivity contribution in [2.75, 3.05) is 42.9 Å². The molecule has 0 spiro atoms. The number of aliphatic hydroxyl groups excluding tert-OH is 1. The minimum atomic E-state index is -0.697. The number of aliphatic hydroxyl groups is 1. The Kier molecular flexibility index (Phi) is 6.84. The molecule has 3 N–H and O–H groups in total. The van der Waals surface area contributed by atoms with E-state index in [2.05, 4.69) is 37.6 Å². The van der Waals surface area contributed by atoms with Gasteiger partial charge in [-0.25, -0.2) is 9.97 Å². The zero-order chi connectivity index (χ0) is 22.5. The van der Waals surface area contributed by atoms with E-state index < -0.39 is 6.10 Å². The third-order valence-electron chi connectivity index (χ3n) is 5.96. The smallest absolute Gasteiger partial charge is 0.270 e. The SMILES string of the molecule is CC(=O)N1CC(Nc2cc(C(=O)NCC(O)CN3CCCCc4ccccc43)ncn2)C1. The van der Waals surface area contributed by atoms with Crippen LogP contribution in [0.4, 0.5) is 11.5 Å². The van der Waals surface area contributed by atoms with E-state index >= 15 is 0 Å². The largest absolute Gasteiger partial charge is 0.389 e. The van der Waals surface area contributed by atoms with Crippen molar-refractivity contribution in [1.29, 1.82) is 0 Å². The van der Waals surface area contributed by atoms with E-state index in [-0.39, 0.29) is 30.1 Å². The second-order valence-corrected chi connectivity index (χ2v) is 8.45. The summed E-state index contributed by atoms with van der Waals surface area (Å²) in [7, 11) is 0. The molecule has 1 aromatic carbocycles. The molecule has 2 aliphatic rings. The number of para-hydroxylation sites is 1. The van der Waals surface area contributed by atoms with E-state index in [4.69, 9.17) is 0 Å². The van der Waals surface area contributed by atoms with Crippen LogP contribution in [0.3, 0.4) is 0 Å². The van der Waals surface area contributed by atoms with Gasteiger partial charge in [0, 0.05) is 51.4 Å². The Morgan fingerprint density at radius 1 is 1.22 bits per heavy atom. The predicted molar refractivity (Wildman–Crippen MR) is 122 cm³/mol. The van der Waals surface area contributed by atoms with Crippen molar-refractivity contribution in [1.82, 2.24) is 20.2 Å². The first-order valence-electron chi connectivity index (χ1n) is 11.1. The average molecular weight is 439 g/mol. The molecule has 1 unspecified atom stereocenters. The fraction of sp³-hybridized carbons (Fsp3) is 0.478. The number of carbonyl (C=O) groups is 2. The van der Waals surface area contributed by atoms with Crippen molar-refractivity contribution in [3.63, 3.8) is 0 Å². The van der Waals surface area contributed by atoms with Gasteiger partial charge in [0.1, 0.15) is 17.8 Å². The summed E-state index contributed by atoms with van der Waals surface area (Å²) >= 11 is 0. The van der Waals surface area contributed by atoms with Crippen LogP contribution in [0.15, 0.2) is 36.7 Å². The van der Waals surface area contributed by atoms with Crippen molar-refractivity contribution in [3.05, 3.63) is 47.9 Å². The number of benzene rings is 1. The number of nitrogens with zero attached hydrogens (tertiary/aromatic N) is 4. The number of nitrogens with one attached hydrogen (secondary N) is 2. The van der Waals surface area contributed by atoms with Crippen LogP contribution < -0.4 is 15.5 Å². The summed E-state index contributed by atoms with van der Waals surface area (Å²) in [6, 6.07) is 10.0. The average Bonchev–Trinajstić information content (AvgIpc) is 2.96. The van der Waals surface area contributed by atoms with Gasteiger partial charge in [0.2, 0.25) is 5.91 Å². The molecule has 1 fully saturated rings. The number of anilines is 2. The van der Waals surface area contributed by atoms with Gasteiger partial charge >= 0.3 is 0 Å². The molecule has 32 heavy (non-hydrogen) atoms. The van der Waals surface area contributed by atoms with E-state index in [0.29, 0.717) is 25.5 Å². The van der Waals surface area contributed by atoms with E-state index in [1.807, 2.05) is 12.1 Å². The number of likely N-dealkylation sites (tertiary alicyclic amines) is 1. The molecule has 2 aromatic rings. The Hall–Kier alpha value is -3.20. The Morgan fingerprint density at radius 2 is 2.03 bits per heavy atom. The monoisotopic (exact) mass is 438 g/mol.